The third kappa shape index (κ3) is 2.23. The van der Waals surface area contributed by atoms with Gasteiger partial charge in [0.2, 0.25) is 5.88 Å². The monoisotopic (exact) mass is 261 g/mol. The van der Waals surface area contributed by atoms with Gasteiger partial charge in [0.25, 0.3) is 0 Å². The smallest absolute Gasteiger partial charge is 0.217 e. The largest absolute Gasteiger partial charge is 0.481 e. The van der Waals surface area contributed by atoms with Gasteiger partial charge < -0.3 is 4.74 Å². The molecule has 0 aliphatic carbocycles. The molecule has 0 bridgehead atoms. The molecule has 1 spiro atoms. The molecule has 3 rings (SSSR count). The van der Waals surface area contributed by atoms with Gasteiger partial charge in [-0.25, -0.2) is 4.98 Å². The lowest BCUT2D eigenvalue weighted by Gasteiger charge is -2.50. The summed E-state index contributed by atoms with van der Waals surface area (Å²) in [7, 11) is 1.70. The average molecular weight is 261 g/mol. The third-order valence-corrected chi connectivity index (χ3v) is 4.75. The van der Waals surface area contributed by atoms with Gasteiger partial charge in [-0.3, -0.25) is 9.80 Å². The number of likely N-dealkylation sites (N-methyl/N-ethyl adjacent to an activating group) is 1. The molecule has 0 radical (unpaired) electrons. The van der Waals surface area contributed by atoms with Gasteiger partial charge in [0.15, 0.2) is 0 Å². The number of hydrogen-bond donors (Lipinski definition) is 0. The fourth-order valence-corrected chi connectivity index (χ4v) is 3.59. The minimum absolute atomic E-state index is 0.476. The molecule has 1 aromatic heterocycles. The number of rotatable bonds is 4. The van der Waals surface area contributed by atoms with Crippen molar-refractivity contribution in [2.45, 2.75) is 31.8 Å². The molecule has 2 saturated heterocycles. The molecule has 0 saturated carbocycles. The number of hydrogen-bond acceptors (Lipinski definition) is 4. The summed E-state index contributed by atoms with van der Waals surface area (Å²) in [4.78, 5) is 9.46. The van der Waals surface area contributed by atoms with Crippen LogP contribution in [-0.4, -0.2) is 53.6 Å². The summed E-state index contributed by atoms with van der Waals surface area (Å²) >= 11 is 0. The van der Waals surface area contributed by atoms with Crippen LogP contribution >= 0.6 is 0 Å². The molecule has 1 atom stereocenters. The van der Waals surface area contributed by atoms with Crippen LogP contribution in [0.25, 0.3) is 0 Å². The van der Waals surface area contributed by atoms with Crippen LogP contribution in [0.3, 0.4) is 0 Å². The van der Waals surface area contributed by atoms with Crippen molar-refractivity contribution in [2.24, 2.45) is 0 Å². The first-order valence-corrected chi connectivity index (χ1v) is 7.23. The molecule has 19 heavy (non-hydrogen) atoms. The Balaban J connectivity index is 1.66. The summed E-state index contributed by atoms with van der Waals surface area (Å²) in [6.07, 6.45) is 4.46. The molecular weight excluding hydrogens is 238 g/mol. The lowest BCUT2D eigenvalue weighted by atomic mass is 9.84. The highest BCUT2D eigenvalue weighted by Gasteiger charge is 2.48. The Labute approximate surface area is 115 Å². The Bertz CT molecular complexity index is 449. The topological polar surface area (TPSA) is 28.6 Å². The van der Waals surface area contributed by atoms with Gasteiger partial charge in [-0.1, -0.05) is 13.0 Å². The van der Waals surface area contributed by atoms with E-state index in [-0.39, 0.29) is 0 Å². The molecule has 3 heterocycles. The Kier molecular flexibility index (Phi) is 3.46. The van der Waals surface area contributed by atoms with E-state index in [9.17, 15) is 0 Å². The normalized spacial score (nSPS) is 27.7. The maximum atomic E-state index is 5.34. The van der Waals surface area contributed by atoms with E-state index in [0.29, 0.717) is 5.54 Å². The first kappa shape index (κ1) is 12.9. The minimum atomic E-state index is 0.476. The fourth-order valence-electron chi connectivity index (χ4n) is 3.59. The van der Waals surface area contributed by atoms with Crippen LogP contribution in [0.5, 0.6) is 5.88 Å². The van der Waals surface area contributed by atoms with E-state index >= 15 is 0 Å². The van der Waals surface area contributed by atoms with Gasteiger partial charge in [-0.15, -0.1) is 0 Å². The van der Waals surface area contributed by atoms with Crippen molar-refractivity contribution in [1.29, 1.82) is 0 Å². The Morgan fingerprint density at radius 2 is 2.21 bits per heavy atom. The van der Waals surface area contributed by atoms with E-state index in [0.717, 1.165) is 12.4 Å². The highest BCUT2D eigenvalue weighted by Crippen LogP contribution is 2.39. The highest BCUT2D eigenvalue weighted by molar-refractivity contribution is 5.25. The first-order chi connectivity index (χ1) is 9.27. The standard InChI is InChI=1S/C15H23N3O/c1-3-18-10-7-15(18)6-9-17(12-15)11-13-5-4-8-16-14(13)19-2/h4-5,8H,3,6-7,9-12H2,1-2H3/t15-/m0/s1. The number of nitrogens with zero attached hydrogens (tertiary/aromatic N) is 3. The molecule has 4 nitrogen and oxygen atoms in total. The number of methoxy groups -OCH3 is 1. The number of likely N-dealkylation sites (tertiary alicyclic amines) is 2. The first-order valence-electron chi connectivity index (χ1n) is 7.23. The summed E-state index contributed by atoms with van der Waals surface area (Å²) in [5, 5.41) is 0. The Morgan fingerprint density at radius 1 is 1.37 bits per heavy atom. The van der Waals surface area contributed by atoms with E-state index in [1.165, 1.54) is 44.6 Å². The van der Waals surface area contributed by atoms with Crippen molar-refractivity contribution in [2.75, 3.05) is 33.3 Å². The van der Waals surface area contributed by atoms with Crippen LogP contribution in [0.1, 0.15) is 25.3 Å². The average Bonchev–Trinajstić information content (AvgIpc) is 2.85. The van der Waals surface area contributed by atoms with Crippen LogP contribution in [0.4, 0.5) is 0 Å². The molecule has 0 aromatic carbocycles. The second kappa shape index (κ2) is 5.10. The van der Waals surface area contributed by atoms with Crippen LogP contribution < -0.4 is 4.74 Å². The van der Waals surface area contributed by atoms with Crippen LogP contribution in [0.2, 0.25) is 0 Å². The molecule has 1 aromatic rings. The SMILES string of the molecule is CCN1CC[C@]12CCN(Cc1cccnc1OC)C2. The molecular formula is C15H23N3O. The van der Waals surface area contributed by atoms with Gasteiger partial charge in [-0.05, 0) is 25.5 Å². The lowest BCUT2D eigenvalue weighted by molar-refractivity contribution is -0.00196. The maximum Gasteiger partial charge on any atom is 0.217 e. The summed E-state index contributed by atoms with van der Waals surface area (Å²) in [5.41, 5.74) is 1.67. The minimum Gasteiger partial charge on any atom is -0.481 e. The molecule has 0 N–H and O–H groups in total. The van der Waals surface area contributed by atoms with E-state index in [1.807, 2.05) is 6.07 Å². The van der Waals surface area contributed by atoms with E-state index < -0.39 is 0 Å². The summed E-state index contributed by atoms with van der Waals surface area (Å²) in [6.45, 7) is 8.07. The quantitative estimate of drug-likeness (QED) is 0.826. The number of aromatic nitrogens is 1. The number of ether oxygens (including phenoxy) is 1. The van der Waals surface area contributed by atoms with Crippen molar-refractivity contribution < 1.29 is 4.74 Å². The van der Waals surface area contributed by atoms with Crippen LogP contribution in [0, 0.1) is 0 Å². The van der Waals surface area contributed by atoms with Gasteiger partial charge in [0, 0.05) is 43.5 Å². The van der Waals surface area contributed by atoms with Gasteiger partial charge >= 0.3 is 0 Å². The second-order valence-electron chi connectivity index (χ2n) is 5.69. The molecule has 0 amide bonds. The lowest BCUT2D eigenvalue weighted by Crippen LogP contribution is -2.60. The van der Waals surface area contributed by atoms with Gasteiger partial charge in [-0.2, -0.15) is 0 Å². The van der Waals surface area contributed by atoms with E-state index in [1.54, 1.807) is 13.3 Å². The maximum absolute atomic E-state index is 5.34. The number of pyridine rings is 1. The van der Waals surface area contributed by atoms with Crippen molar-refractivity contribution in [1.82, 2.24) is 14.8 Å². The van der Waals surface area contributed by atoms with E-state index in [4.69, 9.17) is 4.74 Å². The molecule has 2 fully saturated rings. The molecule has 104 valence electrons. The van der Waals surface area contributed by atoms with Crippen molar-refractivity contribution >= 4 is 0 Å². The van der Waals surface area contributed by atoms with Crippen LogP contribution in [-0.2, 0) is 6.54 Å². The highest BCUT2D eigenvalue weighted by atomic mass is 16.5. The second-order valence-corrected chi connectivity index (χ2v) is 5.69. The summed E-state index contributed by atoms with van der Waals surface area (Å²) < 4.78 is 5.34. The Morgan fingerprint density at radius 3 is 2.89 bits per heavy atom. The summed E-state index contributed by atoms with van der Waals surface area (Å²) in [5.74, 6) is 0.768. The molecule has 4 heteroatoms. The molecule has 2 aliphatic heterocycles. The van der Waals surface area contributed by atoms with E-state index in [2.05, 4.69) is 27.8 Å². The third-order valence-electron chi connectivity index (χ3n) is 4.75. The Hall–Kier alpha value is -1.13. The van der Waals surface area contributed by atoms with Crippen LogP contribution in [0.15, 0.2) is 18.3 Å². The van der Waals surface area contributed by atoms with Gasteiger partial charge in [0.1, 0.15) is 0 Å². The fraction of sp³-hybridized carbons (Fsp3) is 0.667. The van der Waals surface area contributed by atoms with Crippen molar-refractivity contribution in [3.05, 3.63) is 23.9 Å². The predicted octanol–water partition coefficient (Wildman–Crippen LogP) is 1.76. The molecule has 2 aliphatic rings. The molecule has 0 unspecified atom stereocenters. The zero-order valence-electron chi connectivity index (χ0n) is 11.9. The van der Waals surface area contributed by atoms with Crippen molar-refractivity contribution in [3.8, 4) is 5.88 Å². The summed E-state index contributed by atoms with van der Waals surface area (Å²) in [6, 6.07) is 4.11. The van der Waals surface area contributed by atoms with Gasteiger partial charge in [0.05, 0.1) is 7.11 Å². The predicted molar refractivity (Wildman–Crippen MR) is 75.3 cm³/mol. The zero-order valence-corrected chi connectivity index (χ0v) is 11.9. The zero-order chi connectivity index (χ0) is 13.3. The van der Waals surface area contributed by atoms with Crippen molar-refractivity contribution in [3.63, 3.8) is 0 Å².